The smallest absolute Gasteiger partial charge is 0.111 e. The van der Waals surface area contributed by atoms with Gasteiger partial charge in [-0.2, -0.15) is 0 Å². The second-order valence-electron chi connectivity index (χ2n) is 2.59. The van der Waals surface area contributed by atoms with E-state index in [-0.39, 0.29) is 12.6 Å². The summed E-state index contributed by atoms with van der Waals surface area (Å²) in [6.07, 6.45) is 1.84. The van der Waals surface area contributed by atoms with Gasteiger partial charge in [-0.15, -0.1) is 5.01 Å². The van der Waals surface area contributed by atoms with Crippen LogP contribution < -0.4 is 0 Å². The van der Waals surface area contributed by atoms with Crippen molar-refractivity contribution in [3.05, 3.63) is 5.21 Å². The summed E-state index contributed by atoms with van der Waals surface area (Å²) in [5.41, 5.74) is 0. The Morgan fingerprint density at radius 2 is 2.55 bits per heavy atom. The monoisotopic (exact) mass is 159 g/mol. The SMILES string of the molecule is CN=[N+]([O-])N1CCCC1CO. The van der Waals surface area contributed by atoms with E-state index in [2.05, 4.69) is 5.11 Å². The lowest BCUT2D eigenvalue weighted by Gasteiger charge is -2.18. The Morgan fingerprint density at radius 3 is 3.09 bits per heavy atom. The first kappa shape index (κ1) is 8.26. The van der Waals surface area contributed by atoms with Crippen LogP contribution in [0.4, 0.5) is 0 Å². The van der Waals surface area contributed by atoms with Gasteiger partial charge < -0.3 is 10.3 Å². The minimum atomic E-state index is -0.0313. The van der Waals surface area contributed by atoms with Gasteiger partial charge in [0.15, 0.2) is 0 Å². The molecule has 5 heteroatoms. The van der Waals surface area contributed by atoms with Gasteiger partial charge in [0, 0.05) is 4.97 Å². The van der Waals surface area contributed by atoms with E-state index < -0.39 is 0 Å². The zero-order chi connectivity index (χ0) is 8.27. The third-order valence-corrected chi connectivity index (χ3v) is 1.95. The largest absolute Gasteiger partial charge is 0.572 e. The normalized spacial score (nSPS) is 26.2. The highest BCUT2D eigenvalue weighted by Crippen LogP contribution is 2.16. The van der Waals surface area contributed by atoms with E-state index >= 15 is 0 Å². The van der Waals surface area contributed by atoms with E-state index in [1.165, 1.54) is 7.05 Å². The van der Waals surface area contributed by atoms with Gasteiger partial charge in [-0.1, -0.05) is 0 Å². The van der Waals surface area contributed by atoms with Crippen LogP contribution in [0, 0.1) is 5.21 Å². The molecule has 1 unspecified atom stereocenters. The summed E-state index contributed by atoms with van der Waals surface area (Å²) < 4.78 is 0. The Balaban J connectivity index is 2.56. The van der Waals surface area contributed by atoms with Crippen LogP contribution in [0.25, 0.3) is 0 Å². The lowest BCUT2D eigenvalue weighted by Crippen LogP contribution is -2.37. The Labute approximate surface area is 65.5 Å². The van der Waals surface area contributed by atoms with Crippen LogP contribution in [0.15, 0.2) is 5.11 Å². The molecule has 1 fully saturated rings. The molecule has 0 radical (unpaired) electrons. The van der Waals surface area contributed by atoms with E-state index in [1.807, 2.05) is 0 Å². The lowest BCUT2D eigenvalue weighted by molar-refractivity contribution is -0.696. The molecule has 0 amide bonds. The molecule has 0 spiro atoms. The molecule has 1 rings (SSSR count). The molecule has 1 aliphatic rings. The average molecular weight is 159 g/mol. The number of hydrogen-bond donors (Lipinski definition) is 1. The molecule has 64 valence electrons. The molecule has 0 bridgehead atoms. The predicted molar refractivity (Wildman–Crippen MR) is 38.8 cm³/mol. The summed E-state index contributed by atoms with van der Waals surface area (Å²) in [7, 11) is 1.44. The molecule has 1 saturated heterocycles. The van der Waals surface area contributed by atoms with Crippen LogP contribution in [0.1, 0.15) is 12.8 Å². The molecule has 0 saturated carbocycles. The summed E-state index contributed by atoms with van der Waals surface area (Å²) in [5, 5.41) is 24.8. The number of rotatable bonds is 2. The molecule has 0 aliphatic carbocycles. The van der Waals surface area contributed by atoms with Gasteiger partial charge in [0.05, 0.1) is 20.2 Å². The number of aliphatic hydroxyl groups excluding tert-OH is 1. The van der Waals surface area contributed by atoms with Crippen molar-refractivity contribution in [1.29, 1.82) is 0 Å². The van der Waals surface area contributed by atoms with Gasteiger partial charge in [-0.25, -0.2) is 0 Å². The summed E-state index contributed by atoms with van der Waals surface area (Å²) in [5.74, 6) is 0. The molecular weight excluding hydrogens is 146 g/mol. The summed E-state index contributed by atoms with van der Waals surface area (Å²) >= 11 is 0. The van der Waals surface area contributed by atoms with Crippen molar-refractivity contribution in [3.63, 3.8) is 0 Å². The van der Waals surface area contributed by atoms with E-state index in [0.29, 0.717) is 11.5 Å². The van der Waals surface area contributed by atoms with Crippen molar-refractivity contribution < 1.29 is 10.1 Å². The average Bonchev–Trinajstić information content (AvgIpc) is 2.50. The van der Waals surface area contributed by atoms with Crippen LogP contribution >= 0.6 is 0 Å². The summed E-state index contributed by atoms with van der Waals surface area (Å²) in [4.78, 5) is 0.563. The van der Waals surface area contributed by atoms with Gasteiger partial charge in [0.25, 0.3) is 0 Å². The summed E-state index contributed by atoms with van der Waals surface area (Å²) in [6.45, 7) is 0.736. The van der Waals surface area contributed by atoms with E-state index in [0.717, 1.165) is 12.8 Å². The van der Waals surface area contributed by atoms with Crippen molar-refractivity contribution in [2.45, 2.75) is 18.9 Å². The standard InChI is InChI=1S/C6H13N3O2/c1-7-9(11)8-4-2-3-6(8)5-10/h6,10H,2-5H2,1H3. The maximum atomic E-state index is 10.9. The summed E-state index contributed by atoms with van der Waals surface area (Å²) in [6, 6.07) is -0.0313. The molecule has 11 heavy (non-hydrogen) atoms. The second kappa shape index (κ2) is 3.52. The van der Waals surface area contributed by atoms with E-state index in [4.69, 9.17) is 5.11 Å². The van der Waals surface area contributed by atoms with E-state index in [9.17, 15) is 5.21 Å². The van der Waals surface area contributed by atoms with Gasteiger partial charge in [-0.05, 0) is 18.0 Å². The van der Waals surface area contributed by atoms with Crippen molar-refractivity contribution in [3.8, 4) is 0 Å². The predicted octanol–water partition coefficient (Wildman–Crippen LogP) is -0.0496. The topological polar surface area (TPSA) is 61.9 Å². The fraction of sp³-hybridized carbons (Fsp3) is 1.00. The molecule has 0 aromatic carbocycles. The Hall–Kier alpha value is -0.840. The third-order valence-electron chi connectivity index (χ3n) is 1.95. The van der Waals surface area contributed by atoms with Crippen molar-refractivity contribution in [1.82, 2.24) is 5.01 Å². The van der Waals surface area contributed by atoms with Gasteiger partial charge in [-0.3, -0.25) is 0 Å². The zero-order valence-electron chi connectivity index (χ0n) is 6.60. The van der Waals surface area contributed by atoms with Gasteiger partial charge in [0.2, 0.25) is 0 Å². The molecule has 1 atom stereocenters. The van der Waals surface area contributed by atoms with Gasteiger partial charge in [0.1, 0.15) is 6.04 Å². The second-order valence-corrected chi connectivity index (χ2v) is 2.59. The van der Waals surface area contributed by atoms with Crippen molar-refractivity contribution >= 4 is 0 Å². The molecule has 0 aromatic rings. The van der Waals surface area contributed by atoms with Crippen molar-refractivity contribution in [2.75, 3.05) is 20.2 Å². The number of aliphatic hydroxyl groups is 1. The van der Waals surface area contributed by atoms with Crippen LogP contribution in [0.3, 0.4) is 0 Å². The maximum absolute atomic E-state index is 10.9. The first-order chi connectivity index (χ1) is 5.29. The first-order valence-corrected chi connectivity index (χ1v) is 3.74. The number of nitrogens with zero attached hydrogens (tertiary/aromatic N) is 3. The van der Waals surface area contributed by atoms with Crippen LogP contribution in [-0.2, 0) is 0 Å². The lowest BCUT2D eigenvalue weighted by atomic mass is 10.2. The van der Waals surface area contributed by atoms with Crippen LogP contribution in [0.2, 0.25) is 0 Å². The zero-order valence-corrected chi connectivity index (χ0v) is 6.60. The molecule has 1 heterocycles. The van der Waals surface area contributed by atoms with Gasteiger partial charge >= 0.3 is 0 Å². The van der Waals surface area contributed by atoms with E-state index in [1.54, 1.807) is 5.01 Å². The molecule has 5 nitrogen and oxygen atoms in total. The quantitative estimate of drug-likeness (QED) is 0.349. The van der Waals surface area contributed by atoms with Crippen LogP contribution in [-0.4, -0.2) is 41.3 Å². The number of hydrogen-bond acceptors (Lipinski definition) is 3. The maximum Gasteiger partial charge on any atom is 0.111 e. The highest BCUT2D eigenvalue weighted by Gasteiger charge is 2.29. The first-order valence-electron chi connectivity index (χ1n) is 3.74. The van der Waals surface area contributed by atoms with Crippen LogP contribution in [0.5, 0.6) is 0 Å². The molecule has 1 aliphatic heterocycles. The Bertz CT molecular complexity index is 160. The minimum absolute atomic E-state index is 0.0313. The number of hydrazine groups is 1. The fourth-order valence-corrected chi connectivity index (χ4v) is 1.35. The minimum Gasteiger partial charge on any atom is -0.572 e. The molecule has 1 N–H and O–H groups in total. The Morgan fingerprint density at radius 1 is 1.82 bits per heavy atom. The highest BCUT2D eigenvalue weighted by molar-refractivity contribution is 4.71. The highest BCUT2D eigenvalue weighted by atomic mass is 16.5. The van der Waals surface area contributed by atoms with Crippen molar-refractivity contribution in [2.24, 2.45) is 5.11 Å². The molecule has 0 aromatic heterocycles. The fourth-order valence-electron chi connectivity index (χ4n) is 1.35. The Kier molecular flexibility index (Phi) is 2.64. The molecular formula is C6H13N3O2. The third kappa shape index (κ3) is 1.59.